The number of benzene rings is 1. The molecule has 0 saturated heterocycles. The van der Waals surface area contributed by atoms with E-state index in [1.165, 1.54) is 12.1 Å². The Hall–Kier alpha value is -1.58. The second kappa shape index (κ2) is 4.22. The standard InChI is InChI=1S/C15H19FN2O/c1-10(2)18-13-6-5-11(16)9-12(13)17-14(19)15(18)7-3-4-8-15/h5-6,9-10H,3-4,7-8H2,1-2H3,(H,17,19). The Balaban J connectivity index is 2.15. The fourth-order valence-electron chi connectivity index (χ4n) is 3.60. The SMILES string of the molecule is CC(C)N1c2ccc(F)cc2NC(=O)C12CCCC2. The number of anilines is 2. The van der Waals surface area contributed by atoms with Gasteiger partial charge in [-0.25, -0.2) is 4.39 Å². The number of carbonyl (C=O) groups is 1. The van der Waals surface area contributed by atoms with Crippen LogP contribution in [0.1, 0.15) is 39.5 Å². The van der Waals surface area contributed by atoms with E-state index in [1.54, 1.807) is 6.07 Å². The normalized spacial score (nSPS) is 20.8. The van der Waals surface area contributed by atoms with E-state index in [1.807, 2.05) is 0 Å². The number of carbonyl (C=O) groups excluding carboxylic acids is 1. The summed E-state index contributed by atoms with van der Waals surface area (Å²) in [6.07, 6.45) is 3.92. The van der Waals surface area contributed by atoms with Gasteiger partial charge in [0.25, 0.3) is 0 Å². The zero-order valence-corrected chi connectivity index (χ0v) is 11.4. The quantitative estimate of drug-likeness (QED) is 0.842. The maximum Gasteiger partial charge on any atom is 0.250 e. The van der Waals surface area contributed by atoms with E-state index in [2.05, 4.69) is 24.1 Å². The number of nitrogens with zero attached hydrogens (tertiary/aromatic N) is 1. The van der Waals surface area contributed by atoms with Crippen LogP contribution in [0.15, 0.2) is 18.2 Å². The molecule has 1 saturated carbocycles. The highest BCUT2D eigenvalue weighted by molar-refractivity contribution is 6.07. The number of hydrogen-bond acceptors (Lipinski definition) is 2. The third kappa shape index (κ3) is 1.73. The third-order valence-corrected chi connectivity index (χ3v) is 4.30. The first-order chi connectivity index (χ1) is 9.04. The van der Waals surface area contributed by atoms with Crippen molar-refractivity contribution in [3.63, 3.8) is 0 Å². The molecule has 1 aliphatic carbocycles. The molecular weight excluding hydrogens is 243 g/mol. The number of rotatable bonds is 1. The van der Waals surface area contributed by atoms with Crippen molar-refractivity contribution in [2.24, 2.45) is 0 Å². The summed E-state index contributed by atoms with van der Waals surface area (Å²) in [7, 11) is 0. The molecule has 1 aromatic carbocycles. The average Bonchev–Trinajstić information content (AvgIpc) is 2.81. The van der Waals surface area contributed by atoms with Gasteiger partial charge in [-0.15, -0.1) is 0 Å². The third-order valence-electron chi connectivity index (χ3n) is 4.30. The molecule has 4 heteroatoms. The van der Waals surface area contributed by atoms with E-state index >= 15 is 0 Å². The summed E-state index contributed by atoms with van der Waals surface area (Å²) in [6, 6.07) is 4.87. The number of hydrogen-bond donors (Lipinski definition) is 1. The van der Waals surface area contributed by atoms with Gasteiger partial charge in [-0.2, -0.15) is 0 Å². The molecule has 1 fully saturated rings. The van der Waals surface area contributed by atoms with E-state index < -0.39 is 5.54 Å². The summed E-state index contributed by atoms with van der Waals surface area (Å²) in [5, 5.41) is 2.90. The second-order valence-electron chi connectivity index (χ2n) is 5.82. The van der Waals surface area contributed by atoms with Crippen LogP contribution in [0.25, 0.3) is 0 Å². The van der Waals surface area contributed by atoms with Gasteiger partial charge in [-0.3, -0.25) is 4.79 Å². The van der Waals surface area contributed by atoms with Gasteiger partial charge >= 0.3 is 0 Å². The molecule has 0 aromatic heterocycles. The molecule has 3 nitrogen and oxygen atoms in total. The summed E-state index contributed by atoms with van der Waals surface area (Å²) >= 11 is 0. The van der Waals surface area contributed by atoms with Crippen molar-refractivity contribution in [1.29, 1.82) is 0 Å². The molecule has 1 spiro atoms. The minimum atomic E-state index is -0.432. The fourth-order valence-corrected chi connectivity index (χ4v) is 3.60. The predicted molar refractivity (Wildman–Crippen MR) is 73.8 cm³/mol. The first kappa shape index (κ1) is 12.5. The van der Waals surface area contributed by atoms with Crippen LogP contribution >= 0.6 is 0 Å². The van der Waals surface area contributed by atoms with Crippen LogP contribution in [0.4, 0.5) is 15.8 Å². The Kier molecular flexibility index (Phi) is 2.77. The topological polar surface area (TPSA) is 32.3 Å². The zero-order chi connectivity index (χ0) is 13.6. The molecule has 3 rings (SSSR count). The minimum absolute atomic E-state index is 0.0248. The molecule has 1 heterocycles. The highest BCUT2D eigenvalue weighted by atomic mass is 19.1. The van der Waals surface area contributed by atoms with Crippen LogP contribution in [0, 0.1) is 5.82 Å². The van der Waals surface area contributed by atoms with E-state index in [0.717, 1.165) is 31.4 Å². The van der Waals surface area contributed by atoms with Gasteiger partial charge in [0, 0.05) is 6.04 Å². The molecule has 19 heavy (non-hydrogen) atoms. The minimum Gasteiger partial charge on any atom is -0.353 e. The summed E-state index contributed by atoms with van der Waals surface area (Å²) in [5.41, 5.74) is 1.10. The predicted octanol–water partition coefficient (Wildman–Crippen LogP) is 3.31. The Labute approximate surface area is 112 Å². The Morgan fingerprint density at radius 2 is 2.00 bits per heavy atom. The smallest absolute Gasteiger partial charge is 0.250 e. The lowest BCUT2D eigenvalue weighted by Gasteiger charge is -2.48. The van der Waals surface area contributed by atoms with E-state index in [0.29, 0.717) is 5.69 Å². The number of amides is 1. The van der Waals surface area contributed by atoms with E-state index in [9.17, 15) is 9.18 Å². The largest absolute Gasteiger partial charge is 0.353 e. The van der Waals surface area contributed by atoms with Gasteiger partial charge in [0.2, 0.25) is 5.91 Å². The lowest BCUT2D eigenvalue weighted by atomic mass is 9.88. The summed E-state index contributed by atoms with van der Waals surface area (Å²) in [5.74, 6) is -0.290. The van der Waals surface area contributed by atoms with Crippen molar-refractivity contribution in [3.8, 4) is 0 Å². The maximum absolute atomic E-state index is 13.3. The van der Waals surface area contributed by atoms with Crippen molar-refractivity contribution in [1.82, 2.24) is 0 Å². The van der Waals surface area contributed by atoms with Crippen molar-refractivity contribution in [2.75, 3.05) is 10.2 Å². The van der Waals surface area contributed by atoms with Crippen LogP contribution < -0.4 is 10.2 Å². The molecule has 0 radical (unpaired) electrons. The number of fused-ring (bicyclic) bond motifs is 1. The van der Waals surface area contributed by atoms with Gasteiger partial charge in [-0.05, 0) is 44.9 Å². The van der Waals surface area contributed by atoms with Gasteiger partial charge in [-0.1, -0.05) is 12.8 Å². The van der Waals surface area contributed by atoms with Crippen molar-refractivity contribution >= 4 is 17.3 Å². The Morgan fingerprint density at radius 3 is 2.63 bits per heavy atom. The average molecular weight is 262 g/mol. The molecule has 102 valence electrons. The van der Waals surface area contributed by atoms with Crippen molar-refractivity contribution in [3.05, 3.63) is 24.0 Å². The molecule has 0 unspecified atom stereocenters. The van der Waals surface area contributed by atoms with Crippen LogP contribution in [0.2, 0.25) is 0 Å². The molecule has 0 atom stereocenters. The summed E-state index contributed by atoms with van der Waals surface area (Å²) in [6.45, 7) is 4.18. The molecule has 1 amide bonds. The second-order valence-corrected chi connectivity index (χ2v) is 5.82. The van der Waals surface area contributed by atoms with Gasteiger partial charge in [0.1, 0.15) is 11.4 Å². The maximum atomic E-state index is 13.3. The van der Waals surface area contributed by atoms with E-state index in [-0.39, 0.29) is 17.8 Å². The zero-order valence-electron chi connectivity index (χ0n) is 11.4. The highest BCUT2D eigenvalue weighted by Crippen LogP contribution is 2.46. The lowest BCUT2D eigenvalue weighted by Crippen LogP contribution is -2.60. The highest BCUT2D eigenvalue weighted by Gasteiger charge is 2.50. The Morgan fingerprint density at radius 1 is 1.32 bits per heavy atom. The molecule has 1 aliphatic heterocycles. The first-order valence-corrected chi connectivity index (χ1v) is 6.95. The van der Waals surface area contributed by atoms with Crippen LogP contribution in [0.3, 0.4) is 0 Å². The van der Waals surface area contributed by atoms with Gasteiger partial charge in [0.15, 0.2) is 0 Å². The summed E-state index contributed by atoms with van der Waals surface area (Å²) < 4.78 is 13.3. The van der Waals surface area contributed by atoms with Crippen LogP contribution in [-0.4, -0.2) is 17.5 Å². The van der Waals surface area contributed by atoms with Gasteiger partial charge in [0.05, 0.1) is 11.4 Å². The van der Waals surface area contributed by atoms with Crippen LogP contribution in [0.5, 0.6) is 0 Å². The fraction of sp³-hybridized carbons (Fsp3) is 0.533. The molecule has 1 N–H and O–H groups in total. The molecule has 1 aromatic rings. The first-order valence-electron chi connectivity index (χ1n) is 6.95. The van der Waals surface area contributed by atoms with Gasteiger partial charge < -0.3 is 10.2 Å². The van der Waals surface area contributed by atoms with Crippen molar-refractivity contribution in [2.45, 2.75) is 51.1 Å². The molecule has 2 aliphatic rings. The number of nitrogens with one attached hydrogen (secondary N) is 1. The van der Waals surface area contributed by atoms with Crippen molar-refractivity contribution < 1.29 is 9.18 Å². The Bertz CT molecular complexity index is 521. The monoisotopic (exact) mass is 262 g/mol. The molecule has 0 bridgehead atoms. The summed E-state index contributed by atoms with van der Waals surface area (Å²) in [4.78, 5) is 14.7. The number of halogens is 1. The lowest BCUT2D eigenvalue weighted by molar-refractivity contribution is -0.121. The van der Waals surface area contributed by atoms with E-state index in [4.69, 9.17) is 0 Å². The molecular formula is C15H19FN2O. The van der Waals surface area contributed by atoms with Crippen LogP contribution in [-0.2, 0) is 4.79 Å².